The molecular weight excluding hydrogens is 612 g/mol. The molecule has 0 amide bonds. The Labute approximate surface area is 299 Å². The molecule has 1 aromatic carbocycles. The number of nitrogens with zero attached hydrogens (tertiary/aromatic N) is 2. The standard InChI is InChI=1S/C42H72N2O5/c1-18-30(28-23-38(8,9)43(16)39(10,11)24-28)42(49-34(47)21-33(45)46,29-25-40(12,13)44(17)41(14,15)26-29)22-27-19-31(36(2,3)4)35(48)32(20-27)37(5,6)7/h19-20,28-30,48H,18,21-26H2,1-17H3,(H,45,46). The summed E-state index contributed by atoms with van der Waals surface area (Å²) in [5.74, 6) is -1.35. The van der Waals surface area contributed by atoms with Gasteiger partial charge in [0.25, 0.3) is 0 Å². The number of esters is 1. The third-order valence-corrected chi connectivity index (χ3v) is 12.8. The maximum absolute atomic E-state index is 13.9. The summed E-state index contributed by atoms with van der Waals surface area (Å²) in [6, 6.07) is 4.26. The van der Waals surface area contributed by atoms with E-state index in [0.29, 0.717) is 12.2 Å². The van der Waals surface area contributed by atoms with E-state index in [0.717, 1.165) is 48.8 Å². The van der Waals surface area contributed by atoms with Gasteiger partial charge >= 0.3 is 11.9 Å². The molecule has 3 rings (SSSR count). The number of aromatic hydroxyl groups is 1. The van der Waals surface area contributed by atoms with E-state index >= 15 is 0 Å². The number of carboxylic acids is 1. The predicted molar refractivity (Wildman–Crippen MR) is 201 cm³/mol. The number of phenols is 1. The van der Waals surface area contributed by atoms with Gasteiger partial charge in [0, 0.05) is 40.4 Å². The second-order valence-electron chi connectivity index (χ2n) is 20.4. The molecule has 0 spiro atoms. The highest BCUT2D eigenvalue weighted by Crippen LogP contribution is 2.55. The first-order valence-electron chi connectivity index (χ1n) is 18.7. The molecule has 0 radical (unpaired) electrons. The normalized spacial score (nSPS) is 23.9. The number of rotatable bonds is 9. The van der Waals surface area contributed by atoms with Gasteiger partial charge in [0.1, 0.15) is 17.8 Å². The van der Waals surface area contributed by atoms with Crippen LogP contribution < -0.4 is 0 Å². The second-order valence-corrected chi connectivity index (χ2v) is 20.4. The summed E-state index contributed by atoms with van der Waals surface area (Å²) in [7, 11) is 4.41. The van der Waals surface area contributed by atoms with E-state index in [4.69, 9.17) is 4.74 Å². The number of piperidine rings is 2. The Balaban J connectivity index is 2.46. The van der Waals surface area contributed by atoms with Crippen LogP contribution in [0.3, 0.4) is 0 Å². The Kier molecular flexibility index (Phi) is 11.3. The van der Waals surface area contributed by atoms with Crippen molar-refractivity contribution in [2.75, 3.05) is 14.1 Å². The molecule has 49 heavy (non-hydrogen) atoms. The van der Waals surface area contributed by atoms with Crippen LogP contribution in [0.25, 0.3) is 0 Å². The zero-order valence-electron chi connectivity index (χ0n) is 34.4. The lowest BCUT2D eigenvalue weighted by Crippen LogP contribution is -2.66. The molecule has 2 aliphatic rings. The van der Waals surface area contributed by atoms with Crippen LogP contribution in [0.5, 0.6) is 5.75 Å². The van der Waals surface area contributed by atoms with Crippen LogP contribution in [0, 0.1) is 17.8 Å². The minimum absolute atomic E-state index is 0.0255. The van der Waals surface area contributed by atoms with Gasteiger partial charge in [-0.15, -0.1) is 0 Å². The molecule has 2 saturated heterocycles. The first-order valence-corrected chi connectivity index (χ1v) is 18.7. The summed E-state index contributed by atoms with van der Waals surface area (Å²) in [6.07, 6.45) is 4.08. The Morgan fingerprint density at radius 1 is 0.796 bits per heavy atom. The smallest absolute Gasteiger partial charge is 0.317 e. The summed E-state index contributed by atoms with van der Waals surface area (Å²) in [4.78, 5) is 30.9. The van der Waals surface area contributed by atoms with Crippen molar-refractivity contribution in [2.24, 2.45) is 17.8 Å². The molecule has 1 aromatic rings. The highest BCUT2D eigenvalue weighted by atomic mass is 16.6. The van der Waals surface area contributed by atoms with E-state index in [1.165, 1.54) is 0 Å². The lowest BCUT2D eigenvalue weighted by Gasteiger charge is -2.61. The fourth-order valence-corrected chi connectivity index (χ4v) is 9.93. The van der Waals surface area contributed by atoms with Crippen molar-refractivity contribution in [3.63, 3.8) is 0 Å². The molecule has 2 N–H and O–H groups in total. The maximum atomic E-state index is 13.9. The van der Waals surface area contributed by atoms with Crippen molar-refractivity contribution >= 4 is 11.9 Å². The van der Waals surface area contributed by atoms with E-state index in [-0.39, 0.29) is 50.7 Å². The number of carbonyl (C=O) groups excluding carboxylic acids is 1. The Hall–Kier alpha value is -2.12. The minimum atomic E-state index is -1.17. The van der Waals surface area contributed by atoms with Crippen molar-refractivity contribution in [3.05, 3.63) is 28.8 Å². The first-order chi connectivity index (χ1) is 21.9. The van der Waals surface area contributed by atoms with E-state index in [2.05, 4.69) is 140 Å². The maximum Gasteiger partial charge on any atom is 0.317 e. The molecule has 0 aliphatic carbocycles. The van der Waals surface area contributed by atoms with Crippen molar-refractivity contribution in [1.29, 1.82) is 0 Å². The van der Waals surface area contributed by atoms with Gasteiger partial charge in [0.15, 0.2) is 0 Å². The number of phenolic OH excluding ortho intramolecular Hbond substituents is 1. The van der Waals surface area contributed by atoms with Gasteiger partial charge in [0.05, 0.1) is 0 Å². The molecule has 0 aromatic heterocycles. The van der Waals surface area contributed by atoms with Gasteiger partial charge in [-0.2, -0.15) is 0 Å². The molecule has 2 fully saturated rings. The molecule has 280 valence electrons. The van der Waals surface area contributed by atoms with Gasteiger partial charge in [-0.05, 0) is 135 Å². The molecule has 0 saturated carbocycles. The number of hydrogen-bond acceptors (Lipinski definition) is 6. The number of carboxylic acid groups (broad SMARTS) is 1. The molecule has 2 unspecified atom stereocenters. The van der Waals surface area contributed by atoms with Gasteiger partial charge < -0.3 is 14.9 Å². The second kappa shape index (κ2) is 13.5. The lowest BCUT2D eigenvalue weighted by atomic mass is 9.56. The molecular formula is C42H72N2O5. The summed E-state index contributed by atoms with van der Waals surface area (Å²) in [5, 5.41) is 21.5. The Morgan fingerprint density at radius 2 is 1.18 bits per heavy atom. The summed E-state index contributed by atoms with van der Waals surface area (Å²) in [6.45, 7) is 33.4. The van der Waals surface area contributed by atoms with Crippen LogP contribution in [0.2, 0.25) is 0 Å². The summed E-state index contributed by atoms with van der Waals surface area (Å²) in [5.41, 5.74) is 0.585. The van der Waals surface area contributed by atoms with Crippen molar-refractivity contribution in [2.45, 2.75) is 187 Å². The third kappa shape index (κ3) is 8.51. The number of carbonyl (C=O) groups is 2. The fourth-order valence-electron chi connectivity index (χ4n) is 9.93. The predicted octanol–water partition coefficient (Wildman–Crippen LogP) is 9.11. The van der Waals surface area contributed by atoms with Crippen molar-refractivity contribution in [1.82, 2.24) is 9.80 Å². The SMILES string of the molecule is CCC(C1CC(C)(C)N(C)C(C)(C)C1)C(Cc1cc(C(C)(C)C)c(O)c(C(C)(C)C)c1)(OC(=O)CC(=O)O)C1CC(C)(C)N(C)C(C)(C)C1. The Morgan fingerprint density at radius 3 is 1.53 bits per heavy atom. The topological polar surface area (TPSA) is 90.3 Å². The fraction of sp³-hybridized carbons (Fsp3) is 0.810. The zero-order valence-corrected chi connectivity index (χ0v) is 34.4. The number of likely N-dealkylation sites (tertiary alicyclic amines) is 2. The molecule has 0 bridgehead atoms. The quantitative estimate of drug-likeness (QED) is 0.198. The molecule has 7 heteroatoms. The van der Waals surface area contributed by atoms with E-state index < -0.39 is 24.0 Å². The average Bonchev–Trinajstić information content (AvgIpc) is 2.89. The van der Waals surface area contributed by atoms with Crippen LogP contribution >= 0.6 is 0 Å². The van der Waals surface area contributed by atoms with Crippen LogP contribution in [0.1, 0.15) is 159 Å². The van der Waals surface area contributed by atoms with E-state index in [1.807, 2.05) is 0 Å². The van der Waals surface area contributed by atoms with Crippen molar-refractivity contribution < 1.29 is 24.5 Å². The highest BCUT2D eigenvalue weighted by molar-refractivity contribution is 5.90. The van der Waals surface area contributed by atoms with Gasteiger partial charge in [-0.1, -0.05) is 60.6 Å². The molecule has 2 atom stereocenters. The van der Waals surface area contributed by atoms with E-state index in [9.17, 15) is 19.8 Å². The molecule has 2 heterocycles. The number of ether oxygens (including phenoxy) is 1. The number of hydrogen-bond donors (Lipinski definition) is 2. The van der Waals surface area contributed by atoms with Gasteiger partial charge in [-0.3, -0.25) is 19.4 Å². The lowest BCUT2D eigenvalue weighted by molar-refractivity contribution is -0.200. The first kappa shape index (κ1) is 41.3. The minimum Gasteiger partial charge on any atom is -0.507 e. The monoisotopic (exact) mass is 685 g/mol. The third-order valence-electron chi connectivity index (χ3n) is 12.8. The Bertz CT molecular complexity index is 1310. The highest BCUT2D eigenvalue weighted by Gasteiger charge is 2.59. The largest absolute Gasteiger partial charge is 0.507 e. The van der Waals surface area contributed by atoms with Crippen LogP contribution in [0.4, 0.5) is 0 Å². The van der Waals surface area contributed by atoms with Crippen LogP contribution in [-0.2, 0) is 31.6 Å². The van der Waals surface area contributed by atoms with Gasteiger partial charge in [0.2, 0.25) is 0 Å². The summed E-state index contributed by atoms with van der Waals surface area (Å²) >= 11 is 0. The van der Waals surface area contributed by atoms with Crippen LogP contribution in [-0.4, -0.2) is 73.8 Å². The molecule has 2 aliphatic heterocycles. The van der Waals surface area contributed by atoms with Crippen LogP contribution in [0.15, 0.2) is 12.1 Å². The average molecular weight is 685 g/mol. The summed E-state index contributed by atoms with van der Waals surface area (Å²) < 4.78 is 6.95. The van der Waals surface area contributed by atoms with Crippen molar-refractivity contribution in [3.8, 4) is 5.75 Å². The van der Waals surface area contributed by atoms with Gasteiger partial charge in [-0.25, -0.2) is 0 Å². The zero-order chi connectivity index (χ0) is 37.9. The number of aliphatic carboxylic acids is 1. The van der Waals surface area contributed by atoms with E-state index in [1.54, 1.807) is 0 Å². The number of benzene rings is 1. The molecule has 7 nitrogen and oxygen atoms in total.